The first-order valence-corrected chi connectivity index (χ1v) is 9.04. The average molecular weight is 381 g/mol. The fourth-order valence-electron chi connectivity index (χ4n) is 2.44. The standard InChI is InChI=1S/C20H31NO6/c1-14(2)11-16(21-19(24)27-20(3,4)5)17(18(22)23)26-13-25-12-15-9-7-6-8-10-15/h6-10,14,16-17H,11-13H2,1-5H3,(H,21,24)(H,22,23)/t16-,17+/m0/s1. The number of rotatable bonds is 10. The third kappa shape index (κ3) is 9.96. The SMILES string of the molecule is CC(C)C[C@H](NC(=O)OC(C)(C)C)[C@@H](OCOCc1ccccc1)C(=O)O. The van der Waals surface area contributed by atoms with E-state index in [0.717, 1.165) is 5.56 Å². The minimum Gasteiger partial charge on any atom is -0.479 e. The van der Waals surface area contributed by atoms with Crippen LogP contribution in [-0.4, -0.2) is 41.7 Å². The van der Waals surface area contributed by atoms with Gasteiger partial charge in [0.2, 0.25) is 0 Å². The lowest BCUT2D eigenvalue weighted by molar-refractivity contribution is -0.165. The molecule has 0 aliphatic carbocycles. The molecule has 0 aliphatic rings. The van der Waals surface area contributed by atoms with Crippen molar-refractivity contribution in [1.82, 2.24) is 5.32 Å². The van der Waals surface area contributed by atoms with Crippen LogP contribution >= 0.6 is 0 Å². The summed E-state index contributed by atoms with van der Waals surface area (Å²) in [6, 6.07) is 8.75. The van der Waals surface area contributed by atoms with E-state index in [9.17, 15) is 14.7 Å². The van der Waals surface area contributed by atoms with Gasteiger partial charge in [-0.05, 0) is 38.7 Å². The van der Waals surface area contributed by atoms with Crippen LogP contribution in [0.1, 0.15) is 46.6 Å². The van der Waals surface area contributed by atoms with Crippen LogP contribution < -0.4 is 5.32 Å². The lowest BCUT2D eigenvalue weighted by Gasteiger charge is -2.28. The zero-order valence-electron chi connectivity index (χ0n) is 16.7. The lowest BCUT2D eigenvalue weighted by atomic mass is 9.99. The summed E-state index contributed by atoms with van der Waals surface area (Å²) in [5, 5.41) is 12.2. The highest BCUT2D eigenvalue weighted by molar-refractivity contribution is 5.75. The molecule has 7 nitrogen and oxygen atoms in total. The summed E-state index contributed by atoms with van der Waals surface area (Å²) < 4.78 is 16.1. The largest absolute Gasteiger partial charge is 0.479 e. The number of carbonyl (C=O) groups excluding carboxylic acids is 1. The Hall–Kier alpha value is -2.12. The molecule has 0 spiro atoms. The Morgan fingerprint density at radius 3 is 2.30 bits per heavy atom. The Labute approximate surface area is 161 Å². The van der Waals surface area contributed by atoms with Crippen molar-refractivity contribution < 1.29 is 28.9 Å². The predicted molar refractivity (Wildman–Crippen MR) is 101 cm³/mol. The van der Waals surface area contributed by atoms with Crippen LogP contribution in [0.25, 0.3) is 0 Å². The third-order valence-corrected chi connectivity index (χ3v) is 3.48. The second kappa shape index (κ2) is 10.9. The highest BCUT2D eigenvalue weighted by Gasteiger charge is 2.32. The molecule has 27 heavy (non-hydrogen) atoms. The van der Waals surface area contributed by atoms with Crippen molar-refractivity contribution in [2.45, 2.75) is 65.4 Å². The zero-order valence-corrected chi connectivity index (χ0v) is 16.7. The minimum atomic E-state index is -1.24. The van der Waals surface area contributed by atoms with Gasteiger partial charge in [0.1, 0.15) is 12.4 Å². The fraction of sp³-hybridized carbons (Fsp3) is 0.600. The van der Waals surface area contributed by atoms with E-state index in [1.807, 2.05) is 44.2 Å². The molecular formula is C20H31NO6. The van der Waals surface area contributed by atoms with Gasteiger partial charge in [0.05, 0.1) is 12.6 Å². The van der Waals surface area contributed by atoms with E-state index in [2.05, 4.69) is 5.32 Å². The molecule has 1 aromatic rings. The van der Waals surface area contributed by atoms with Crippen molar-refractivity contribution in [2.24, 2.45) is 5.92 Å². The number of aliphatic carboxylic acids is 1. The van der Waals surface area contributed by atoms with Gasteiger partial charge in [-0.3, -0.25) is 0 Å². The second-order valence-electron chi connectivity index (χ2n) is 7.76. The fourth-order valence-corrected chi connectivity index (χ4v) is 2.44. The van der Waals surface area contributed by atoms with E-state index in [1.54, 1.807) is 20.8 Å². The summed E-state index contributed by atoms with van der Waals surface area (Å²) >= 11 is 0. The van der Waals surface area contributed by atoms with E-state index in [0.29, 0.717) is 13.0 Å². The molecule has 1 aromatic carbocycles. The van der Waals surface area contributed by atoms with Gasteiger partial charge < -0.3 is 24.6 Å². The molecule has 2 N–H and O–H groups in total. The Balaban J connectivity index is 2.65. The summed E-state index contributed by atoms with van der Waals surface area (Å²) in [7, 11) is 0. The van der Waals surface area contributed by atoms with Crippen molar-refractivity contribution in [1.29, 1.82) is 0 Å². The number of carbonyl (C=O) groups is 2. The molecule has 0 radical (unpaired) electrons. The van der Waals surface area contributed by atoms with Crippen molar-refractivity contribution in [3.63, 3.8) is 0 Å². The number of benzene rings is 1. The topological polar surface area (TPSA) is 94.1 Å². The van der Waals surface area contributed by atoms with Gasteiger partial charge in [-0.1, -0.05) is 44.2 Å². The molecule has 0 aromatic heterocycles. The van der Waals surface area contributed by atoms with Crippen molar-refractivity contribution >= 4 is 12.1 Å². The molecule has 0 unspecified atom stereocenters. The summed E-state index contributed by atoms with van der Waals surface area (Å²) in [6.07, 6.45) is -1.49. The number of alkyl carbamates (subject to hydrolysis) is 1. The first-order valence-electron chi connectivity index (χ1n) is 9.04. The van der Waals surface area contributed by atoms with Gasteiger partial charge in [0.15, 0.2) is 6.10 Å². The number of carboxylic acid groups (broad SMARTS) is 1. The van der Waals surface area contributed by atoms with Gasteiger partial charge in [0, 0.05) is 0 Å². The number of ether oxygens (including phenoxy) is 3. The van der Waals surface area contributed by atoms with Gasteiger partial charge in [0.25, 0.3) is 0 Å². The molecular weight excluding hydrogens is 350 g/mol. The second-order valence-corrected chi connectivity index (χ2v) is 7.76. The summed E-state index contributed by atoms with van der Waals surface area (Å²) in [5.41, 5.74) is 0.281. The smallest absolute Gasteiger partial charge is 0.407 e. The summed E-state index contributed by atoms with van der Waals surface area (Å²) in [6.45, 7) is 9.22. The van der Waals surface area contributed by atoms with Crippen molar-refractivity contribution in [3.05, 3.63) is 35.9 Å². The van der Waals surface area contributed by atoms with E-state index < -0.39 is 29.8 Å². The Kier molecular flexibility index (Phi) is 9.25. The monoisotopic (exact) mass is 381 g/mol. The van der Waals surface area contributed by atoms with Gasteiger partial charge in [-0.15, -0.1) is 0 Å². The van der Waals surface area contributed by atoms with Crippen LogP contribution in [0.5, 0.6) is 0 Å². The first kappa shape index (κ1) is 22.9. The predicted octanol–water partition coefficient (Wildman–Crippen LogP) is 3.57. The molecule has 1 amide bonds. The maximum absolute atomic E-state index is 12.1. The molecule has 0 heterocycles. The number of hydrogen-bond donors (Lipinski definition) is 2. The molecule has 0 saturated carbocycles. The Morgan fingerprint density at radius 1 is 1.15 bits per heavy atom. The quantitative estimate of drug-likeness (QED) is 0.475. The highest BCUT2D eigenvalue weighted by Crippen LogP contribution is 2.14. The maximum Gasteiger partial charge on any atom is 0.407 e. The molecule has 0 saturated heterocycles. The summed E-state index contributed by atoms with van der Waals surface area (Å²) in [4.78, 5) is 23.8. The van der Waals surface area contributed by atoms with Crippen LogP contribution in [0.15, 0.2) is 30.3 Å². The molecule has 1 rings (SSSR count). The normalized spacial score (nSPS) is 13.9. The van der Waals surface area contributed by atoms with Crippen LogP contribution in [0, 0.1) is 5.92 Å². The molecule has 2 atom stereocenters. The lowest BCUT2D eigenvalue weighted by Crippen LogP contribution is -2.50. The van der Waals surface area contributed by atoms with Gasteiger partial charge in [-0.25, -0.2) is 9.59 Å². The summed E-state index contributed by atoms with van der Waals surface area (Å²) in [5.74, 6) is -1.01. The number of hydrogen-bond acceptors (Lipinski definition) is 5. The van der Waals surface area contributed by atoms with Crippen molar-refractivity contribution in [3.8, 4) is 0 Å². The van der Waals surface area contributed by atoms with E-state index in [-0.39, 0.29) is 12.7 Å². The van der Waals surface area contributed by atoms with Crippen LogP contribution in [-0.2, 0) is 25.6 Å². The van der Waals surface area contributed by atoms with E-state index in [1.165, 1.54) is 0 Å². The minimum absolute atomic E-state index is 0.153. The maximum atomic E-state index is 12.1. The molecule has 0 bridgehead atoms. The van der Waals surface area contributed by atoms with Crippen LogP contribution in [0.2, 0.25) is 0 Å². The molecule has 152 valence electrons. The van der Waals surface area contributed by atoms with Crippen LogP contribution in [0.4, 0.5) is 4.79 Å². The van der Waals surface area contributed by atoms with Gasteiger partial charge in [-0.2, -0.15) is 0 Å². The molecule has 7 heteroatoms. The van der Waals surface area contributed by atoms with Crippen LogP contribution in [0.3, 0.4) is 0 Å². The van der Waals surface area contributed by atoms with Crippen molar-refractivity contribution in [2.75, 3.05) is 6.79 Å². The van der Waals surface area contributed by atoms with E-state index >= 15 is 0 Å². The third-order valence-electron chi connectivity index (χ3n) is 3.48. The average Bonchev–Trinajstić information content (AvgIpc) is 2.52. The molecule has 0 aliphatic heterocycles. The number of amides is 1. The van der Waals surface area contributed by atoms with Gasteiger partial charge >= 0.3 is 12.1 Å². The highest BCUT2D eigenvalue weighted by atomic mass is 16.7. The Bertz CT molecular complexity index is 582. The number of nitrogens with one attached hydrogen (secondary N) is 1. The zero-order chi connectivity index (χ0) is 20.4. The number of carboxylic acids is 1. The van der Waals surface area contributed by atoms with E-state index in [4.69, 9.17) is 14.2 Å². The molecule has 0 fully saturated rings. The Morgan fingerprint density at radius 2 is 1.78 bits per heavy atom. The first-order chi connectivity index (χ1) is 12.6.